The number of carbonyl (C=O) groups excluding carboxylic acids is 1. The summed E-state index contributed by atoms with van der Waals surface area (Å²) in [4.78, 5) is 29.6. The van der Waals surface area contributed by atoms with E-state index in [1.807, 2.05) is 6.92 Å². The Morgan fingerprint density at radius 2 is 1.87 bits per heavy atom. The maximum atomic E-state index is 12.8. The highest BCUT2D eigenvalue weighted by molar-refractivity contribution is 7.90. The van der Waals surface area contributed by atoms with Gasteiger partial charge in [-0.05, 0) is 31.9 Å². The predicted molar refractivity (Wildman–Crippen MR) is 106 cm³/mol. The fraction of sp³-hybridized carbons (Fsp3) is 0.421. The number of aryl methyl sites for hydroxylation is 1. The summed E-state index contributed by atoms with van der Waals surface area (Å²) >= 11 is 0. The zero-order chi connectivity index (χ0) is 21.9. The first kappa shape index (κ1) is 21.8. The molecule has 2 heterocycles. The molecular formula is C19H24N4O6S. The van der Waals surface area contributed by atoms with Gasteiger partial charge in [-0.3, -0.25) is 4.79 Å². The first-order valence-electron chi connectivity index (χ1n) is 9.48. The number of aromatic nitrogens is 2. The van der Waals surface area contributed by atoms with Gasteiger partial charge in [0.2, 0.25) is 5.91 Å². The molecule has 1 aromatic carbocycles. The van der Waals surface area contributed by atoms with Crippen LogP contribution in [0.2, 0.25) is 0 Å². The van der Waals surface area contributed by atoms with Crippen LogP contribution in [0, 0.1) is 6.92 Å². The summed E-state index contributed by atoms with van der Waals surface area (Å²) in [6.45, 7) is 2.50. The number of carboxylic acid groups (broad SMARTS) is 1. The topological polar surface area (TPSA) is 142 Å². The Balaban J connectivity index is 1.77. The fourth-order valence-electron chi connectivity index (χ4n) is 3.28. The second-order valence-electron chi connectivity index (χ2n) is 7.28. The van der Waals surface area contributed by atoms with Crippen LogP contribution in [0.1, 0.15) is 24.1 Å². The van der Waals surface area contributed by atoms with Crippen molar-refractivity contribution < 1.29 is 28.2 Å². The molecule has 1 fully saturated rings. The number of nitrogens with one attached hydrogen (secondary N) is 1. The molecule has 2 amide bonds. The van der Waals surface area contributed by atoms with Gasteiger partial charge in [0.25, 0.3) is 10.0 Å². The number of imidazole rings is 1. The maximum Gasteiger partial charge on any atom is 0.405 e. The smallest absolute Gasteiger partial charge is 0.405 e. The molecule has 0 spiro atoms. The van der Waals surface area contributed by atoms with E-state index in [0.29, 0.717) is 25.9 Å². The Hall–Kier alpha value is -2.92. The van der Waals surface area contributed by atoms with Crippen LogP contribution in [0.5, 0.6) is 0 Å². The molecule has 11 heteroatoms. The second kappa shape index (κ2) is 8.84. The highest BCUT2D eigenvalue weighted by Gasteiger charge is 2.30. The fourth-order valence-corrected chi connectivity index (χ4v) is 4.43. The molecule has 0 saturated carbocycles. The number of carbonyl (C=O) groups is 2. The molecule has 0 radical (unpaired) electrons. The van der Waals surface area contributed by atoms with Crippen molar-refractivity contribution in [2.45, 2.75) is 43.2 Å². The molecular weight excluding hydrogens is 412 g/mol. The SMILES string of the molecule is Cc1ccc(S(=O)(=O)n2cnc(C[C@H](NC(=O)O)C(=O)N3CCC(O)CC3)c2)cc1. The number of hydrogen-bond acceptors (Lipinski definition) is 6. The number of benzene rings is 1. The van der Waals surface area contributed by atoms with E-state index >= 15 is 0 Å². The van der Waals surface area contributed by atoms with E-state index < -0.39 is 34.2 Å². The predicted octanol–water partition coefficient (Wildman–Crippen LogP) is 0.591. The molecule has 1 atom stereocenters. The Bertz CT molecular complexity index is 1010. The van der Waals surface area contributed by atoms with Crippen molar-refractivity contribution in [1.29, 1.82) is 0 Å². The first-order valence-corrected chi connectivity index (χ1v) is 10.9. The molecule has 0 bridgehead atoms. The Kier molecular flexibility index (Phi) is 6.42. The number of piperidine rings is 1. The van der Waals surface area contributed by atoms with Crippen LogP contribution in [0.4, 0.5) is 4.79 Å². The van der Waals surface area contributed by atoms with Crippen LogP contribution < -0.4 is 5.32 Å². The zero-order valence-electron chi connectivity index (χ0n) is 16.4. The molecule has 1 aliphatic rings. The normalized spacial score (nSPS) is 16.3. The Labute approximate surface area is 174 Å². The maximum absolute atomic E-state index is 12.8. The van der Waals surface area contributed by atoms with Gasteiger partial charge in [-0.25, -0.2) is 22.2 Å². The largest absolute Gasteiger partial charge is 0.465 e. The van der Waals surface area contributed by atoms with Crippen LogP contribution >= 0.6 is 0 Å². The zero-order valence-corrected chi connectivity index (χ0v) is 17.2. The summed E-state index contributed by atoms with van der Waals surface area (Å²) in [5.41, 5.74) is 1.18. The Morgan fingerprint density at radius 3 is 2.47 bits per heavy atom. The lowest BCUT2D eigenvalue weighted by Crippen LogP contribution is -2.52. The third kappa shape index (κ3) is 4.97. The number of amides is 2. The van der Waals surface area contributed by atoms with Crippen molar-refractivity contribution in [2.24, 2.45) is 0 Å². The summed E-state index contributed by atoms with van der Waals surface area (Å²) in [6.07, 6.45) is 1.33. The number of aliphatic hydroxyl groups is 1. The molecule has 1 aliphatic heterocycles. The van der Waals surface area contributed by atoms with Crippen LogP contribution in [-0.2, 0) is 21.2 Å². The van der Waals surface area contributed by atoms with Crippen LogP contribution in [0.25, 0.3) is 0 Å². The molecule has 30 heavy (non-hydrogen) atoms. The average molecular weight is 436 g/mol. The van der Waals surface area contributed by atoms with E-state index in [0.717, 1.165) is 15.9 Å². The summed E-state index contributed by atoms with van der Waals surface area (Å²) < 4.78 is 26.4. The number of hydrogen-bond donors (Lipinski definition) is 3. The lowest BCUT2D eigenvalue weighted by molar-refractivity contribution is -0.135. The van der Waals surface area contributed by atoms with Gasteiger partial charge in [-0.15, -0.1) is 0 Å². The quantitative estimate of drug-likeness (QED) is 0.602. The van der Waals surface area contributed by atoms with Gasteiger partial charge >= 0.3 is 6.09 Å². The van der Waals surface area contributed by atoms with Crippen molar-refractivity contribution in [3.05, 3.63) is 48.0 Å². The van der Waals surface area contributed by atoms with Gasteiger partial charge in [0.15, 0.2) is 0 Å². The molecule has 0 aliphatic carbocycles. The van der Waals surface area contributed by atoms with E-state index in [9.17, 15) is 23.1 Å². The van der Waals surface area contributed by atoms with Crippen LogP contribution in [0.3, 0.4) is 0 Å². The number of aliphatic hydroxyl groups excluding tert-OH is 1. The van der Waals surface area contributed by atoms with E-state index in [-0.39, 0.29) is 17.0 Å². The molecule has 3 rings (SSSR count). The summed E-state index contributed by atoms with van der Waals surface area (Å²) in [7, 11) is -3.85. The van der Waals surface area contributed by atoms with E-state index in [4.69, 9.17) is 5.11 Å². The molecule has 1 saturated heterocycles. The minimum atomic E-state index is -3.85. The molecule has 162 valence electrons. The van der Waals surface area contributed by atoms with Gasteiger partial charge < -0.3 is 20.4 Å². The van der Waals surface area contributed by atoms with Gasteiger partial charge in [0.05, 0.1) is 16.7 Å². The number of likely N-dealkylation sites (tertiary alicyclic amines) is 1. The minimum Gasteiger partial charge on any atom is -0.465 e. The monoisotopic (exact) mass is 436 g/mol. The van der Waals surface area contributed by atoms with Crippen molar-refractivity contribution in [2.75, 3.05) is 13.1 Å². The third-order valence-electron chi connectivity index (χ3n) is 5.00. The third-order valence-corrected chi connectivity index (χ3v) is 6.62. The van der Waals surface area contributed by atoms with E-state index in [1.165, 1.54) is 23.2 Å². The van der Waals surface area contributed by atoms with Crippen molar-refractivity contribution in [3.8, 4) is 0 Å². The van der Waals surface area contributed by atoms with Gasteiger partial charge in [0, 0.05) is 25.7 Å². The minimum absolute atomic E-state index is 0.0966. The van der Waals surface area contributed by atoms with Crippen molar-refractivity contribution in [3.63, 3.8) is 0 Å². The van der Waals surface area contributed by atoms with Crippen molar-refractivity contribution in [1.82, 2.24) is 19.2 Å². The standard InChI is InChI=1S/C19H24N4O6S/c1-13-2-4-16(5-3-13)30(28,29)23-11-14(20-12-23)10-17(21-19(26)27)18(25)22-8-6-15(24)7-9-22/h2-5,11-12,15,17,21,24H,6-10H2,1H3,(H,26,27)/t17-/m0/s1. The summed E-state index contributed by atoms with van der Waals surface area (Å²) in [5.74, 6) is -0.430. The summed E-state index contributed by atoms with van der Waals surface area (Å²) in [5, 5.41) is 20.9. The highest BCUT2D eigenvalue weighted by Crippen LogP contribution is 2.17. The van der Waals surface area contributed by atoms with Crippen molar-refractivity contribution >= 4 is 22.0 Å². The van der Waals surface area contributed by atoms with Crippen LogP contribution in [-0.4, -0.2) is 69.7 Å². The van der Waals surface area contributed by atoms with E-state index in [1.54, 1.807) is 12.1 Å². The molecule has 3 N–H and O–H groups in total. The molecule has 1 aromatic heterocycles. The molecule has 10 nitrogen and oxygen atoms in total. The first-order chi connectivity index (χ1) is 14.2. The van der Waals surface area contributed by atoms with E-state index in [2.05, 4.69) is 10.3 Å². The number of rotatable bonds is 6. The Morgan fingerprint density at radius 1 is 1.23 bits per heavy atom. The lowest BCUT2D eigenvalue weighted by Gasteiger charge is -2.32. The lowest BCUT2D eigenvalue weighted by atomic mass is 10.1. The molecule has 0 unspecified atom stereocenters. The highest BCUT2D eigenvalue weighted by atomic mass is 32.2. The average Bonchev–Trinajstić information content (AvgIpc) is 3.17. The summed E-state index contributed by atoms with van der Waals surface area (Å²) in [6, 6.07) is 5.25. The van der Waals surface area contributed by atoms with Crippen LogP contribution in [0.15, 0.2) is 41.7 Å². The van der Waals surface area contributed by atoms with Gasteiger partial charge in [0.1, 0.15) is 12.4 Å². The van der Waals surface area contributed by atoms with Gasteiger partial charge in [-0.1, -0.05) is 17.7 Å². The second-order valence-corrected chi connectivity index (χ2v) is 9.12. The molecule has 2 aromatic rings. The number of nitrogens with zero attached hydrogens (tertiary/aromatic N) is 3. The van der Waals surface area contributed by atoms with Gasteiger partial charge in [-0.2, -0.15) is 0 Å².